The van der Waals surface area contributed by atoms with Crippen molar-refractivity contribution in [3.8, 4) is 22.9 Å². The lowest BCUT2D eigenvalue weighted by Crippen LogP contribution is -2.47. The van der Waals surface area contributed by atoms with Gasteiger partial charge in [-0.05, 0) is 67.3 Å². The van der Waals surface area contributed by atoms with Crippen molar-refractivity contribution < 1.29 is 31.4 Å². The van der Waals surface area contributed by atoms with Crippen LogP contribution in [0.1, 0.15) is 24.8 Å². The Morgan fingerprint density at radius 3 is 2.44 bits per heavy atom. The zero-order valence-electron chi connectivity index (χ0n) is 25.1. The number of nitrogens with one attached hydrogen (secondary N) is 2. The van der Waals surface area contributed by atoms with E-state index in [4.69, 9.17) is 14.7 Å². The van der Waals surface area contributed by atoms with Crippen LogP contribution in [0.15, 0.2) is 82.6 Å². The molecule has 5 rings (SSSR count). The molecule has 2 saturated heterocycles. The van der Waals surface area contributed by atoms with Gasteiger partial charge in [0.15, 0.2) is 0 Å². The molecule has 0 aromatic heterocycles. The number of ether oxygens (including phenoxy) is 2. The SMILES string of the molecule is CNS(=O)(=O)c1cccc(OCC(O)CNC2COC3(CCN(S(=O)(=O)c4cccc(-c5ccc(CC#N)cc5)c4)CC3)C2)c1. The normalized spacial score (nSPS) is 19.3. The van der Waals surface area contributed by atoms with E-state index in [1.54, 1.807) is 30.3 Å². The molecule has 2 heterocycles. The molecule has 240 valence electrons. The van der Waals surface area contributed by atoms with Crippen LogP contribution in [0.3, 0.4) is 0 Å². The van der Waals surface area contributed by atoms with Crippen molar-refractivity contribution in [2.45, 2.75) is 53.2 Å². The highest BCUT2D eigenvalue weighted by Crippen LogP contribution is 2.37. The molecule has 2 atom stereocenters. The number of aliphatic hydroxyl groups is 1. The Bertz CT molecular complexity index is 1730. The Morgan fingerprint density at radius 2 is 1.73 bits per heavy atom. The second-order valence-corrected chi connectivity index (χ2v) is 15.2. The molecule has 3 N–H and O–H groups in total. The van der Waals surface area contributed by atoms with Gasteiger partial charge in [0.05, 0.1) is 34.5 Å². The minimum atomic E-state index is -3.70. The van der Waals surface area contributed by atoms with Gasteiger partial charge in [-0.3, -0.25) is 0 Å². The topological polar surface area (TPSA) is 158 Å². The van der Waals surface area contributed by atoms with E-state index in [0.717, 1.165) is 16.7 Å². The number of benzene rings is 3. The minimum absolute atomic E-state index is 0.00290. The highest BCUT2D eigenvalue weighted by molar-refractivity contribution is 7.89. The van der Waals surface area contributed by atoms with Crippen molar-refractivity contribution in [3.63, 3.8) is 0 Å². The smallest absolute Gasteiger partial charge is 0.243 e. The number of piperidine rings is 1. The standard InChI is InChI=1S/C32H38N4O7S2/c1-34-44(38,39)30-6-3-5-29(19-30)42-23-28(37)21-35-27-20-32(43-22-27)13-16-36(17-14-32)45(40,41)31-7-2-4-26(18-31)25-10-8-24(9-11-25)12-15-33/h2-11,18-19,27-28,34-35,37H,12-14,16-17,20-23H2,1H3. The molecule has 2 fully saturated rings. The summed E-state index contributed by atoms with van der Waals surface area (Å²) in [6.07, 6.45) is 1.34. The van der Waals surface area contributed by atoms with E-state index >= 15 is 0 Å². The number of hydrogen-bond acceptors (Lipinski definition) is 9. The van der Waals surface area contributed by atoms with Crippen LogP contribution in [0.2, 0.25) is 0 Å². The summed E-state index contributed by atoms with van der Waals surface area (Å²) in [6.45, 7) is 1.40. The van der Waals surface area contributed by atoms with Gasteiger partial charge < -0.3 is 19.9 Å². The summed E-state index contributed by atoms with van der Waals surface area (Å²) in [5.41, 5.74) is 2.17. The maximum Gasteiger partial charge on any atom is 0.243 e. The Morgan fingerprint density at radius 1 is 1.02 bits per heavy atom. The number of aliphatic hydroxyl groups excluding tert-OH is 1. The largest absolute Gasteiger partial charge is 0.491 e. The average molecular weight is 655 g/mol. The summed E-state index contributed by atoms with van der Waals surface area (Å²) < 4.78 is 66.7. The fourth-order valence-corrected chi connectivity index (χ4v) is 8.01. The van der Waals surface area contributed by atoms with Crippen molar-refractivity contribution >= 4 is 20.0 Å². The summed E-state index contributed by atoms with van der Waals surface area (Å²) in [5.74, 6) is 0.340. The first-order valence-electron chi connectivity index (χ1n) is 14.8. The number of nitriles is 1. The molecule has 3 aromatic carbocycles. The molecule has 13 heteroatoms. The predicted molar refractivity (Wildman–Crippen MR) is 168 cm³/mol. The fraction of sp³-hybridized carbons (Fsp3) is 0.406. The summed E-state index contributed by atoms with van der Waals surface area (Å²) >= 11 is 0. The first-order chi connectivity index (χ1) is 21.5. The highest BCUT2D eigenvalue weighted by Gasteiger charge is 2.44. The number of rotatable bonds is 12. The summed E-state index contributed by atoms with van der Waals surface area (Å²) in [7, 11) is -5.96. The lowest BCUT2D eigenvalue weighted by molar-refractivity contribution is -0.0312. The van der Waals surface area contributed by atoms with Gasteiger partial charge in [0.1, 0.15) is 18.5 Å². The average Bonchev–Trinajstić information content (AvgIpc) is 3.45. The van der Waals surface area contributed by atoms with Crippen LogP contribution in [0.25, 0.3) is 11.1 Å². The molecule has 3 aromatic rings. The summed E-state index contributed by atoms with van der Waals surface area (Å²) in [5, 5.41) is 22.7. The molecule has 45 heavy (non-hydrogen) atoms. The molecular weight excluding hydrogens is 617 g/mol. The Labute approximate surface area is 264 Å². The van der Waals surface area contributed by atoms with Crippen molar-refractivity contribution in [1.82, 2.24) is 14.3 Å². The van der Waals surface area contributed by atoms with Crippen LogP contribution < -0.4 is 14.8 Å². The molecule has 0 aliphatic carbocycles. The van der Waals surface area contributed by atoms with Gasteiger partial charge in [-0.1, -0.05) is 42.5 Å². The van der Waals surface area contributed by atoms with E-state index in [9.17, 15) is 21.9 Å². The Hall–Kier alpha value is -3.35. The monoisotopic (exact) mass is 654 g/mol. The molecule has 11 nitrogen and oxygen atoms in total. The maximum atomic E-state index is 13.6. The van der Waals surface area contributed by atoms with E-state index in [2.05, 4.69) is 16.1 Å². The molecule has 1 spiro atoms. The Balaban J connectivity index is 1.10. The second kappa shape index (κ2) is 14.0. The van der Waals surface area contributed by atoms with Crippen LogP contribution in [0.5, 0.6) is 5.75 Å². The van der Waals surface area contributed by atoms with Crippen molar-refractivity contribution in [2.75, 3.05) is 39.9 Å². The Kier molecular flexibility index (Phi) is 10.2. The van der Waals surface area contributed by atoms with Gasteiger partial charge in [0.2, 0.25) is 20.0 Å². The predicted octanol–water partition coefficient (Wildman–Crippen LogP) is 2.67. The second-order valence-electron chi connectivity index (χ2n) is 11.4. The van der Waals surface area contributed by atoms with Gasteiger partial charge in [-0.25, -0.2) is 21.6 Å². The lowest BCUT2D eigenvalue weighted by atomic mass is 9.88. The van der Waals surface area contributed by atoms with Crippen molar-refractivity contribution in [1.29, 1.82) is 5.26 Å². The zero-order chi connectivity index (χ0) is 32.1. The van der Waals surface area contributed by atoms with E-state index < -0.39 is 31.8 Å². The van der Waals surface area contributed by atoms with Gasteiger partial charge in [0.25, 0.3) is 0 Å². The van der Waals surface area contributed by atoms with E-state index in [-0.39, 0.29) is 29.0 Å². The number of nitrogens with zero attached hydrogens (tertiary/aromatic N) is 2. The molecular formula is C32H38N4O7S2. The van der Waals surface area contributed by atoms with E-state index in [1.807, 2.05) is 30.3 Å². The van der Waals surface area contributed by atoms with Gasteiger partial charge in [0, 0.05) is 31.7 Å². The number of hydrogen-bond donors (Lipinski definition) is 3. The third kappa shape index (κ3) is 7.90. The minimum Gasteiger partial charge on any atom is -0.491 e. The molecule has 2 aliphatic rings. The highest BCUT2D eigenvalue weighted by atomic mass is 32.2. The molecule has 0 saturated carbocycles. The third-order valence-electron chi connectivity index (χ3n) is 8.35. The van der Waals surface area contributed by atoms with Gasteiger partial charge >= 0.3 is 0 Å². The summed E-state index contributed by atoms with van der Waals surface area (Å²) in [6, 6.07) is 22.7. The molecule has 2 unspecified atom stereocenters. The molecule has 0 amide bonds. The zero-order valence-corrected chi connectivity index (χ0v) is 26.7. The van der Waals surface area contributed by atoms with Gasteiger partial charge in [-0.2, -0.15) is 9.57 Å². The quantitative estimate of drug-likeness (QED) is 0.267. The van der Waals surface area contributed by atoms with Crippen molar-refractivity contribution in [3.05, 3.63) is 78.4 Å². The first kappa shape index (κ1) is 33.0. The van der Waals surface area contributed by atoms with Crippen LogP contribution >= 0.6 is 0 Å². The van der Waals surface area contributed by atoms with Crippen LogP contribution in [0, 0.1) is 11.3 Å². The van der Waals surface area contributed by atoms with E-state index in [0.29, 0.717) is 51.1 Å². The van der Waals surface area contributed by atoms with Crippen LogP contribution in [-0.2, 0) is 31.2 Å². The molecule has 2 aliphatic heterocycles. The maximum absolute atomic E-state index is 13.6. The van der Waals surface area contributed by atoms with Crippen LogP contribution in [-0.4, -0.2) is 83.9 Å². The summed E-state index contributed by atoms with van der Waals surface area (Å²) in [4.78, 5) is 0.325. The van der Waals surface area contributed by atoms with E-state index in [1.165, 1.54) is 23.5 Å². The fourth-order valence-electron chi connectivity index (χ4n) is 5.75. The van der Waals surface area contributed by atoms with Crippen molar-refractivity contribution in [2.24, 2.45) is 0 Å². The molecule has 0 bridgehead atoms. The first-order valence-corrected chi connectivity index (χ1v) is 17.7. The lowest BCUT2D eigenvalue weighted by Gasteiger charge is -2.38. The van der Waals surface area contributed by atoms with Crippen LogP contribution in [0.4, 0.5) is 0 Å². The van der Waals surface area contributed by atoms with Gasteiger partial charge in [-0.15, -0.1) is 0 Å². The molecule has 0 radical (unpaired) electrons. The number of sulfonamides is 2. The third-order valence-corrected chi connectivity index (χ3v) is 11.7.